The molecule has 8 nitrogen and oxygen atoms in total. The number of carbonyl (C=O) groups excluding carboxylic acids is 1. The Morgan fingerprint density at radius 1 is 1.26 bits per heavy atom. The van der Waals surface area contributed by atoms with Crippen molar-refractivity contribution in [2.75, 3.05) is 29.7 Å². The van der Waals surface area contributed by atoms with Crippen molar-refractivity contribution in [3.63, 3.8) is 0 Å². The van der Waals surface area contributed by atoms with Crippen LogP contribution in [0, 0.1) is 11.7 Å². The maximum Gasteiger partial charge on any atom is 0.393 e. The fraction of sp³-hybridized carbons (Fsp3) is 0.474. The molecule has 15 heteroatoms. The minimum Gasteiger partial charge on any atom is -0.384 e. The van der Waals surface area contributed by atoms with Crippen molar-refractivity contribution in [1.82, 2.24) is 15.6 Å². The van der Waals surface area contributed by atoms with Gasteiger partial charge in [0.2, 0.25) is 5.91 Å². The summed E-state index contributed by atoms with van der Waals surface area (Å²) < 4.78 is 79.5. The van der Waals surface area contributed by atoms with Crippen molar-refractivity contribution in [3.05, 3.63) is 34.5 Å². The van der Waals surface area contributed by atoms with Gasteiger partial charge in [0, 0.05) is 31.2 Å². The van der Waals surface area contributed by atoms with E-state index in [-0.39, 0.29) is 35.4 Å². The second-order valence-corrected chi connectivity index (χ2v) is 10.5. The number of nitrogens with zero attached hydrogens (tertiary/aromatic N) is 1. The second-order valence-electron chi connectivity index (χ2n) is 7.57. The fourth-order valence-corrected chi connectivity index (χ4v) is 5.48. The summed E-state index contributed by atoms with van der Waals surface area (Å²) in [4.78, 5) is 15.2. The van der Waals surface area contributed by atoms with E-state index in [2.05, 4.69) is 25.7 Å². The number of alkyl halides is 3. The summed E-state index contributed by atoms with van der Waals surface area (Å²) >= 11 is 7.15. The van der Waals surface area contributed by atoms with Crippen LogP contribution in [0.15, 0.2) is 28.6 Å². The number of hydrogen-bond acceptors (Lipinski definition) is 7. The van der Waals surface area contributed by atoms with Gasteiger partial charge in [0.15, 0.2) is 5.13 Å². The van der Waals surface area contributed by atoms with Crippen LogP contribution >= 0.6 is 22.9 Å². The molecule has 1 aromatic carbocycles. The highest BCUT2D eigenvalue weighted by Crippen LogP contribution is 2.32. The number of anilines is 2. The molecule has 1 saturated heterocycles. The SMILES string of the molecule is O=C(NCCCCNc1cc(F)c(S(=O)(=O)Nc2nccs2)cc1Cl)[C@@H]1C[C@H](C(F)(F)F)CN1. The topological polar surface area (TPSA) is 112 Å². The second kappa shape index (κ2) is 11.1. The molecule has 4 N–H and O–H groups in total. The van der Waals surface area contributed by atoms with Gasteiger partial charge in [-0.25, -0.2) is 17.8 Å². The van der Waals surface area contributed by atoms with Gasteiger partial charge in [0.25, 0.3) is 10.0 Å². The minimum absolute atomic E-state index is 0.000688. The van der Waals surface area contributed by atoms with Crippen molar-refractivity contribution in [2.24, 2.45) is 5.92 Å². The van der Waals surface area contributed by atoms with E-state index in [9.17, 15) is 30.8 Å². The van der Waals surface area contributed by atoms with E-state index < -0.39 is 44.8 Å². The van der Waals surface area contributed by atoms with Crippen molar-refractivity contribution in [1.29, 1.82) is 0 Å². The summed E-state index contributed by atoms with van der Waals surface area (Å²) in [6, 6.07) is 1.10. The van der Waals surface area contributed by atoms with Gasteiger partial charge in [-0.1, -0.05) is 11.6 Å². The molecular formula is C19H22ClF4N5O3S2. The summed E-state index contributed by atoms with van der Waals surface area (Å²) in [5.41, 5.74) is 0.199. The third-order valence-corrected chi connectivity index (χ3v) is 7.58. The lowest BCUT2D eigenvalue weighted by molar-refractivity contribution is -0.169. The monoisotopic (exact) mass is 543 g/mol. The Hall–Kier alpha value is -2.16. The number of nitrogens with one attached hydrogen (secondary N) is 4. The highest BCUT2D eigenvalue weighted by Gasteiger charge is 2.45. The van der Waals surface area contributed by atoms with Crippen LogP contribution in [0.1, 0.15) is 19.3 Å². The number of thiazole rings is 1. The Kier molecular flexibility index (Phi) is 8.60. The number of carbonyl (C=O) groups is 1. The molecule has 1 aliphatic rings. The first-order chi connectivity index (χ1) is 16.0. The standard InChI is InChI=1S/C19H22ClF4N5O3S2/c20-12-8-16(34(31,32)29-18-27-5-6-33-18)13(21)9-14(12)25-3-1-2-4-26-17(30)15-7-11(10-28-15)19(22,23)24/h5-6,8-9,11,15,25,28H,1-4,7,10H2,(H,26,30)(H,27,29)/t11-,15-/m0/s1. The molecular weight excluding hydrogens is 522 g/mol. The lowest BCUT2D eigenvalue weighted by Gasteiger charge is -2.14. The zero-order valence-corrected chi connectivity index (χ0v) is 20.0. The Morgan fingerprint density at radius 2 is 2.00 bits per heavy atom. The highest BCUT2D eigenvalue weighted by molar-refractivity contribution is 7.93. The van der Waals surface area contributed by atoms with E-state index >= 15 is 0 Å². The van der Waals surface area contributed by atoms with Crippen LogP contribution in [0.25, 0.3) is 0 Å². The molecule has 188 valence electrons. The molecule has 0 spiro atoms. The Balaban J connectivity index is 1.42. The summed E-state index contributed by atoms with van der Waals surface area (Å²) in [6.45, 7) is 0.331. The highest BCUT2D eigenvalue weighted by atomic mass is 35.5. The molecule has 1 fully saturated rings. The van der Waals surface area contributed by atoms with Crippen LogP contribution in [-0.4, -0.2) is 51.2 Å². The summed E-state index contributed by atoms with van der Waals surface area (Å²) in [5, 5.41) is 9.73. The van der Waals surface area contributed by atoms with Crippen LogP contribution in [0.5, 0.6) is 0 Å². The van der Waals surface area contributed by atoms with Gasteiger partial charge in [-0.05, 0) is 31.4 Å². The van der Waals surface area contributed by atoms with Crippen molar-refractivity contribution >= 4 is 49.7 Å². The lowest BCUT2D eigenvalue weighted by Crippen LogP contribution is -2.40. The number of halogens is 5. The number of rotatable bonds is 10. The summed E-state index contributed by atoms with van der Waals surface area (Å²) in [5.74, 6) is -3.00. The van der Waals surface area contributed by atoms with E-state index in [1.807, 2.05) is 0 Å². The number of hydrogen-bond donors (Lipinski definition) is 4. The zero-order valence-electron chi connectivity index (χ0n) is 17.6. The largest absolute Gasteiger partial charge is 0.393 e. The van der Waals surface area contributed by atoms with E-state index in [1.54, 1.807) is 5.38 Å². The van der Waals surface area contributed by atoms with Crippen molar-refractivity contribution in [3.8, 4) is 0 Å². The molecule has 2 atom stereocenters. The van der Waals surface area contributed by atoms with E-state index in [1.165, 1.54) is 6.20 Å². The molecule has 1 aliphatic heterocycles. The Labute approximate surface area is 202 Å². The van der Waals surface area contributed by atoms with Crippen LogP contribution < -0.4 is 20.7 Å². The molecule has 1 amide bonds. The molecule has 3 rings (SSSR count). The number of benzene rings is 1. The van der Waals surface area contributed by atoms with Crippen molar-refractivity contribution in [2.45, 2.75) is 36.4 Å². The normalized spacial score (nSPS) is 18.6. The third kappa shape index (κ3) is 6.93. The molecule has 0 unspecified atom stereocenters. The Morgan fingerprint density at radius 3 is 2.65 bits per heavy atom. The number of sulfonamides is 1. The van der Waals surface area contributed by atoms with Crippen LogP contribution in [0.2, 0.25) is 5.02 Å². The molecule has 0 aliphatic carbocycles. The van der Waals surface area contributed by atoms with Crippen molar-refractivity contribution < 1.29 is 30.8 Å². The predicted molar refractivity (Wildman–Crippen MR) is 121 cm³/mol. The van der Waals surface area contributed by atoms with Gasteiger partial charge in [0.05, 0.1) is 22.7 Å². The first-order valence-corrected chi connectivity index (χ1v) is 12.9. The van der Waals surface area contributed by atoms with E-state index in [4.69, 9.17) is 11.6 Å². The predicted octanol–water partition coefficient (Wildman–Crippen LogP) is 3.59. The summed E-state index contributed by atoms with van der Waals surface area (Å²) in [7, 11) is -4.21. The number of unbranched alkanes of at least 4 members (excludes halogenated alkanes) is 1. The van der Waals surface area contributed by atoms with Gasteiger partial charge in [-0.3, -0.25) is 9.52 Å². The maximum absolute atomic E-state index is 14.5. The lowest BCUT2D eigenvalue weighted by atomic mass is 10.1. The van der Waals surface area contributed by atoms with Gasteiger partial charge >= 0.3 is 6.18 Å². The van der Waals surface area contributed by atoms with E-state index in [0.717, 1.165) is 23.5 Å². The summed E-state index contributed by atoms with van der Waals surface area (Å²) in [6.07, 6.45) is -2.16. The molecule has 0 saturated carbocycles. The van der Waals surface area contributed by atoms with Crippen LogP contribution in [0.3, 0.4) is 0 Å². The molecule has 1 aromatic heterocycles. The molecule has 0 bridgehead atoms. The Bertz CT molecular complexity index is 1100. The minimum atomic E-state index is -4.32. The first kappa shape index (κ1) is 26.4. The smallest absolute Gasteiger partial charge is 0.384 e. The fourth-order valence-electron chi connectivity index (χ4n) is 3.31. The van der Waals surface area contributed by atoms with E-state index in [0.29, 0.717) is 19.4 Å². The average molecular weight is 544 g/mol. The number of amides is 1. The third-order valence-electron chi connectivity index (χ3n) is 5.09. The molecule has 34 heavy (non-hydrogen) atoms. The molecule has 2 aromatic rings. The van der Waals surface area contributed by atoms with Gasteiger partial charge in [-0.15, -0.1) is 11.3 Å². The molecule has 2 heterocycles. The van der Waals surface area contributed by atoms with Gasteiger partial charge < -0.3 is 16.0 Å². The maximum atomic E-state index is 14.5. The van der Waals surface area contributed by atoms with Crippen LogP contribution in [0.4, 0.5) is 28.4 Å². The quantitative estimate of drug-likeness (QED) is 0.269. The zero-order chi connectivity index (χ0) is 24.9. The van der Waals surface area contributed by atoms with Gasteiger partial charge in [-0.2, -0.15) is 13.2 Å². The van der Waals surface area contributed by atoms with Gasteiger partial charge in [0.1, 0.15) is 10.7 Å². The van der Waals surface area contributed by atoms with Crippen LogP contribution in [-0.2, 0) is 14.8 Å². The molecule has 0 radical (unpaired) electrons. The first-order valence-electron chi connectivity index (χ1n) is 10.2. The number of aromatic nitrogens is 1. The average Bonchev–Trinajstić information content (AvgIpc) is 3.44.